The van der Waals surface area contributed by atoms with Crippen LogP contribution in [0.3, 0.4) is 0 Å². The Morgan fingerprint density at radius 2 is 1.63 bits per heavy atom. The van der Waals surface area contributed by atoms with Crippen LogP contribution in [-0.2, 0) is 9.47 Å². The van der Waals surface area contributed by atoms with Crippen LogP contribution in [0.25, 0.3) is 0 Å². The first kappa shape index (κ1) is 25.0. The van der Waals surface area contributed by atoms with E-state index in [-0.39, 0.29) is 12.1 Å². The second kappa shape index (κ2) is 13.9. The van der Waals surface area contributed by atoms with Gasteiger partial charge in [0.2, 0.25) is 0 Å². The molecule has 0 atom stereocenters. The maximum atomic E-state index is 12.1. The van der Waals surface area contributed by atoms with Gasteiger partial charge in [-0.3, -0.25) is 0 Å². The zero-order valence-corrected chi connectivity index (χ0v) is 19.7. The normalized spacial score (nSPS) is 15.2. The molecule has 1 N–H and O–H groups in total. The number of hydrogen-bond acceptors (Lipinski definition) is 5. The summed E-state index contributed by atoms with van der Waals surface area (Å²) >= 11 is 1.69. The average Bonchev–Trinajstić information content (AvgIpc) is 2.74. The number of nitrogens with one attached hydrogen (secondary N) is 1. The lowest BCUT2D eigenvalue weighted by atomic mass is 9.96. The number of hydrogen-bond donors (Lipinski definition) is 1. The second-order valence-electron chi connectivity index (χ2n) is 8.17. The van der Waals surface area contributed by atoms with Crippen molar-refractivity contribution in [1.82, 2.24) is 5.32 Å². The van der Waals surface area contributed by atoms with Crippen molar-refractivity contribution in [3.8, 4) is 5.75 Å². The van der Waals surface area contributed by atoms with Crippen LogP contribution in [0, 0.1) is 0 Å². The third kappa shape index (κ3) is 9.71. The van der Waals surface area contributed by atoms with E-state index in [4.69, 9.17) is 14.2 Å². The van der Waals surface area contributed by atoms with Gasteiger partial charge in [0.1, 0.15) is 5.75 Å². The molecule has 0 unspecified atom stereocenters. The zero-order valence-electron chi connectivity index (χ0n) is 18.9. The number of ether oxygens (including phenoxy) is 3. The summed E-state index contributed by atoms with van der Waals surface area (Å²) in [7, 11) is 0. The number of thioether (sulfide) groups is 1. The summed E-state index contributed by atoms with van der Waals surface area (Å²) in [6.45, 7) is 7.77. The van der Waals surface area contributed by atoms with Gasteiger partial charge in [-0.05, 0) is 56.9 Å². The van der Waals surface area contributed by atoms with E-state index in [1.807, 2.05) is 31.2 Å². The van der Waals surface area contributed by atoms with E-state index < -0.39 is 5.79 Å². The number of benzene rings is 1. The van der Waals surface area contributed by atoms with Crippen molar-refractivity contribution in [3.63, 3.8) is 0 Å². The molecular formula is C24H39NO4S. The highest BCUT2D eigenvalue weighted by atomic mass is 32.2. The van der Waals surface area contributed by atoms with Gasteiger partial charge in [0.15, 0.2) is 5.79 Å². The number of unbranched alkanes of at least 4 members (excludes halogenated alkanes) is 2. The minimum Gasteiger partial charge on any atom is -0.410 e. The molecule has 0 radical (unpaired) electrons. The number of carbonyl (C=O) groups is 1. The monoisotopic (exact) mass is 437 g/mol. The molecule has 170 valence electrons. The molecular weight excluding hydrogens is 398 g/mol. The second-order valence-corrected chi connectivity index (χ2v) is 9.22. The van der Waals surface area contributed by atoms with Crippen molar-refractivity contribution in [2.24, 2.45) is 0 Å². The molecule has 0 spiro atoms. The van der Waals surface area contributed by atoms with E-state index in [0.29, 0.717) is 24.7 Å². The summed E-state index contributed by atoms with van der Waals surface area (Å²) in [4.78, 5) is 13.2. The highest BCUT2D eigenvalue weighted by Gasteiger charge is 2.26. The fourth-order valence-electron chi connectivity index (χ4n) is 3.36. The topological polar surface area (TPSA) is 56.8 Å². The van der Waals surface area contributed by atoms with E-state index in [0.717, 1.165) is 43.4 Å². The highest BCUT2D eigenvalue weighted by molar-refractivity contribution is 7.99. The van der Waals surface area contributed by atoms with E-state index in [9.17, 15) is 4.79 Å². The van der Waals surface area contributed by atoms with Crippen molar-refractivity contribution in [2.75, 3.05) is 19.0 Å². The predicted molar refractivity (Wildman–Crippen MR) is 123 cm³/mol. The van der Waals surface area contributed by atoms with Crippen molar-refractivity contribution >= 4 is 17.9 Å². The summed E-state index contributed by atoms with van der Waals surface area (Å²) in [5.41, 5.74) is 0. The lowest BCUT2D eigenvalue weighted by molar-refractivity contribution is -0.210. The fourth-order valence-corrected chi connectivity index (χ4v) is 4.28. The molecule has 1 aliphatic rings. The summed E-state index contributed by atoms with van der Waals surface area (Å²) in [6.07, 6.45) is 9.64. The van der Waals surface area contributed by atoms with E-state index >= 15 is 0 Å². The van der Waals surface area contributed by atoms with E-state index in [1.54, 1.807) is 11.8 Å². The summed E-state index contributed by atoms with van der Waals surface area (Å²) in [5.74, 6) is 0.682. The molecule has 5 nitrogen and oxygen atoms in total. The maximum Gasteiger partial charge on any atom is 0.412 e. The Balaban J connectivity index is 1.81. The number of amides is 1. The van der Waals surface area contributed by atoms with Crippen LogP contribution in [0.5, 0.6) is 5.75 Å². The minimum atomic E-state index is -0.593. The van der Waals surface area contributed by atoms with Crippen molar-refractivity contribution in [2.45, 2.75) is 95.3 Å². The molecule has 0 saturated heterocycles. The van der Waals surface area contributed by atoms with Gasteiger partial charge in [0.05, 0.1) is 19.0 Å². The lowest BCUT2D eigenvalue weighted by Gasteiger charge is -2.30. The van der Waals surface area contributed by atoms with E-state index in [2.05, 4.69) is 19.2 Å². The van der Waals surface area contributed by atoms with Gasteiger partial charge >= 0.3 is 6.09 Å². The SMILES string of the molecule is CCCCOC(C)(CSc1ccc(OC(=O)NC2CCCCC2)cc1)OCCCC. The lowest BCUT2D eigenvalue weighted by Crippen LogP contribution is -2.37. The average molecular weight is 438 g/mol. The van der Waals surface area contributed by atoms with Gasteiger partial charge in [-0.15, -0.1) is 11.8 Å². The summed E-state index contributed by atoms with van der Waals surface area (Å²) < 4.78 is 17.6. The molecule has 1 amide bonds. The zero-order chi connectivity index (χ0) is 21.7. The smallest absolute Gasteiger partial charge is 0.410 e. The van der Waals surface area contributed by atoms with Gasteiger partial charge in [-0.25, -0.2) is 4.79 Å². The molecule has 1 aliphatic carbocycles. The third-order valence-electron chi connectivity index (χ3n) is 5.27. The van der Waals surface area contributed by atoms with Gasteiger partial charge in [-0.1, -0.05) is 46.0 Å². The predicted octanol–water partition coefficient (Wildman–Crippen LogP) is 6.55. The summed E-state index contributed by atoms with van der Waals surface area (Å²) in [6, 6.07) is 7.89. The van der Waals surface area contributed by atoms with Gasteiger partial charge < -0.3 is 19.5 Å². The first-order valence-electron chi connectivity index (χ1n) is 11.5. The highest BCUT2D eigenvalue weighted by Crippen LogP contribution is 2.28. The molecule has 1 aromatic rings. The van der Waals surface area contributed by atoms with Crippen molar-refractivity contribution in [1.29, 1.82) is 0 Å². The standard InChI is InChI=1S/C24H39NO4S/c1-4-6-17-27-24(3,28-18-7-5-2)19-30-22-15-13-21(14-16-22)29-23(26)25-20-11-9-8-10-12-20/h13-16,20H,4-12,17-19H2,1-3H3,(H,25,26). The molecule has 1 aromatic carbocycles. The van der Waals surface area contributed by atoms with Crippen molar-refractivity contribution < 1.29 is 19.0 Å². The molecule has 0 bridgehead atoms. The van der Waals surface area contributed by atoms with E-state index in [1.165, 1.54) is 19.3 Å². The number of rotatable bonds is 13. The Hall–Kier alpha value is -1.24. The Morgan fingerprint density at radius 3 is 2.20 bits per heavy atom. The van der Waals surface area contributed by atoms with Crippen LogP contribution in [0.4, 0.5) is 4.79 Å². The molecule has 0 aliphatic heterocycles. The Labute approximate surface area is 186 Å². The molecule has 6 heteroatoms. The Kier molecular flexibility index (Phi) is 11.6. The van der Waals surface area contributed by atoms with Gasteiger partial charge in [0.25, 0.3) is 0 Å². The van der Waals surface area contributed by atoms with Crippen LogP contribution in [0.1, 0.15) is 78.6 Å². The maximum absolute atomic E-state index is 12.1. The van der Waals surface area contributed by atoms with Gasteiger partial charge in [-0.2, -0.15) is 0 Å². The van der Waals surface area contributed by atoms with Gasteiger partial charge in [0, 0.05) is 10.9 Å². The quantitative estimate of drug-likeness (QED) is 0.215. The Bertz CT molecular complexity index is 592. The van der Waals surface area contributed by atoms with Crippen LogP contribution in [-0.4, -0.2) is 36.9 Å². The van der Waals surface area contributed by atoms with Crippen LogP contribution >= 0.6 is 11.8 Å². The first-order valence-corrected chi connectivity index (χ1v) is 12.5. The van der Waals surface area contributed by atoms with Crippen molar-refractivity contribution in [3.05, 3.63) is 24.3 Å². The molecule has 1 fully saturated rings. The third-order valence-corrected chi connectivity index (χ3v) is 6.55. The molecule has 2 rings (SSSR count). The minimum absolute atomic E-state index is 0.249. The van der Waals surface area contributed by atoms with Crippen LogP contribution < -0.4 is 10.1 Å². The summed E-state index contributed by atoms with van der Waals surface area (Å²) in [5, 5.41) is 2.98. The molecule has 30 heavy (non-hydrogen) atoms. The molecule has 0 heterocycles. The molecule has 1 saturated carbocycles. The largest absolute Gasteiger partial charge is 0.412 e. The fraction of sp³-hybridized carbons (Fsp3) is 0.708. The Morgan fingerprint density at radius 1 is 1.03 bits per heavy atom. The number of carbonyl (C=O) groups excluding carboxylic acids is 1. The van der Waals surface area contributed by atoms with Crippen LogP contribution in [0.15, 0.2) is 29.2 Å². The first-order chi connectivity index (χ1) is 14.5. The molecule has 0 aromatic heterocycles. The van der Waals surface area contributed by atoms with Crippen LogP contribution in [0.2, 0.25) is 0 Å².